The van der Waals surface area contributed by atoms with Gasteiger partial charge in [0.1, 0.15) is 0 Å². The summed E-state index contributed by atoms with van der Waals surface area (Å²) in [7, 11) is 0. The van der Waals surface area contributed by atoms with Gasteiger partial charge in [-0.1, -0.05) is 281 Å². The predicted octanol–water partition coefficient (Wildman–Crippen LogP) is 24.9. The molecule has 0 radical (unpaired) electrons. The van der Waals surface area contributed by atoms with Crippen molar-refractivity contribution in [1.29, 1.82) is 0 Å². The van der Waals surface area contributed by atoms with Gasteiger partial charge in [0.05, 0.1) is 22.2 Å². The standard InChI is InChI=1S/C95H76N2/c1-9-65-37-41-67(42-38-65)59-94(85-53-61(3)33-35-63(85)5)83-29-17-15-27-77(83)81-51-47-73(57-89(81)94)96(91-31-19-23-69-21-11-13-25-75(69)91)71-45-49-79-80-50-46-72(56-88(80)93(7,8)87(79)55-71)97(92-32-20-24-70-22-12-14-26-76(70)92)74-48-52-82-78-28-16-18-30-84(78)95(90(82)58-74,86-54-62(4)34-36-64(86)6)60-68-43-39-66(10-2)40-44-68/h9-58H,1-2,59-60H2,3-8H3. The zero-order chi connectivity index (χ0) is 65.9. The lowest BCUT2D eigenvalue weighted by molar-refractivity contribution is 0.624. The van der Waals surface area contributed by atoms with Crippen molar-refractivity contribution in [2.24, 2.45) is 0 Å². The summed E-state index contributed by atoms with van der Waals surface area (Å²) >= 11 is 0. The van der Waals surface area contributed by atoms with Crippen molar-refractivity contribution < 1.29 is 0 Å². The Balaban J connectivity index is 0.835. The summed E-state index contributed by atoms with van der Waals surface area (Å²) in [6.07, 6.45) is 5.46. The molecular formula is C95H76N2. The first-order valence-electron chi connectivity index (χ1n) is 34.3. The normalized spacial score (nSPS) is 15.9. The zero-order valence-corrected chi connectivity index (χ0v) is 56.1. The third-order valence-corrected chi connectivity index (χ3v) is 22.0. The number of aryl methyl sites for hydroxylation is 4. The molecule has 0 bridgehead atoms. The number of hydrogen-bond donors (Lipinski definition) is 0. The van der Waals surface area contributed by atoms with Gasteiger partial charge >= 0.3 is 0 Å². The van der Waals surface area contributed by atoms with Crippen molar-refractivity contribution in [2.75, 3.05) is 9.80 Å². The zero-order valence-electron chi connectivity index (χ0n) is 56.1. The average Bonchev–Trinajstić information content (AvgIpc) is 1.57. The van der Waals surface area contributed by atoms with E-state index in [0.717, 1.165) is 58.1 Å². The van der Waals surface area contributed by atoms with Gasteiger partial charge in [-0.2, -0.15) is 0 Å². The predicted molar refractivity (Wildman–Crippen MR) is 411 cm³/mol. The van der Waals surface area contributed by atoms with Crippen LogP contribution in [-0.4, -0.2) is 0 Å². The second kappa shape index (κ2) is 23.0. The Morgan fingerprint density at radius 3 is 1.04 bits per heavy atom. The molecule has 0 aliphatic heterocycles. The van der Waals surface area contributed by atoms with E-state index in [1.54, 1.807) is 0 Å². The molecule has 0 N–H and O–H groups in total. The van der Waals surface area contributed by atoms with Crippen LogP contribution in [0.25, 0.3) is 67.1 Å². The van der Waals surface area contributed by atoms with E-state index in [9.17, 15) is 0 Å². The lowest BCUT2D eigenvalue weighted by Gasteiger charge is -2.36. The van der Waals surface area contributed by atoms with Crippen LogP contribution in [0.5, 0.6) is 0 Å². The minimum atomic E-state index is -0.496. The van der Waals surface area contributed by atoms with Crippen LogP contribution in [0, 0.1) is 27.7 Å². The van der Waals surface area contributed by atoms with Crippen molar-refractivity contribution >= 4 is 67.8 Å². The highest BCUT2D eigenvalue weighted by molar-refractivity contribution is 6.02. The van der Waals surface area contributed by atoms with Crippen molar-refractivity contribution in [3.63, 3.8) is 0 Å². The van der Waals surface area contributed by atoms with E-state index >= 15 is 0 Å². The van der Waals surface area contributed by atoms with Gasteiger partial charge in [0, 0.05) is 38.9 Å². The molecule has 0 saturated carbocycles. The molecule has 3 aliphatic carbocycles. The van der Waals surface area contributed by atoms with E-state index < -0.39 is 16.2 Å². The molecular weight excluding hydrogens is 1170 g/mol. The Kier molecular flexibility index (Phi) is 14.1. The van der Waals surface area contributed by atoms with Gasteiger partial charge in [-0.3, -0.25) is 0 Å². The Morgan fingerprint density at radius 2 is 0.639 bits per heavy atom. The van der Waals surface area contributed by atoms with E-state index in [1.165, 1.54) is 133 Å². The fraction of sp³-hybridized carbons (Fsp3) is 0.116. The molecule has 2 unspecified atom stereocenters. The Hall–Kier alpha value is -11.3. The first-order valence-corrected chi connectivity index (χ1v) is 34.3. The van der Waals surface area contributed by atoms with Crippen LogP contribution < -0.4 is 9.80 Å². The van der Waals surface area contributed by atoms with Gasteiger partial charge in [0.25, 0.3) is 0 Å². The number of rotatable bonds is 14. The van der Waals surface area contributed by atoms with Gasteiger partial charge in [-0.25, -0.2) is 0 Å². The lowest BCUT2D eigenvalue weighted by Crippen LogP contribution is -2.31. The highest BCUT2D eigenvalue weighted by atomic mass is 15.2. The van der Waals surface area contributed by atoms with E-state index in [1.807, 2.05) is 12.2 Å². The molecule has 14 aromatic carbocycles. The van der Waals surface area contributed by atoms with E-state index in [2.05, 4.69) is 356 Å². The van der Waals surface area contributed by atoms with Crippen molar-refractivity contribution in [3.8, 4) is 33.4 Å². The number of hydrogen-bond acceptors (Lipinski definition) is 2. The molecule has 466 valence electrons. The topological polar surface area (TPSA) is 6.48 Å². The molecule has 2 nitrogen and oxygen atoms in total. The molecule has 0 saturated heterocycles. The van der Waals surface area contributed by atoms with Crippen LogP contribution >= 0.6 is 0 Å². The Morgan fingerprint density at radius 1 is 0.299 bits per heavy atom. The average molecular weight is 1250 g/mol. The van der Waals surface area contributed by atoms with Gasteiger partial charge in [0.15, 0.2) is 0 Å². The number of anilines is 6. The van der Waals surface area contributed by atoms with Crippen molar-refractivity contribution in [3.05, 3.63) is 393 Å². The molecule has 17 rings (SSSR count). The van der Waals surface area contributed by atoms with E-state index in [4.69, 9.17) is 0 Å². The molecule has 0 aromatic heterocycles. The lowest BCUT2D eigenvalue weighted by atomic mass is 9.67. The SMILES string of the molecule is C=Cc1ccc(CC2(c3cc(C)ccc3C)c3ccccc3-c3ccc(N(c4ccc5c(c4)C(C)(C)c4cc(N(c6ccc7c(c6)C(Cc6ccc(C=C)cc6)(c6cc(C)ccc6C)c6ccccc6-7)c6cccc7ccccc67)ccc4-5)c4cccc5ccccc45)cc32)cc1. The maximum atomic E-state index is 4.11. The summed E-state index contributed by atoms with van der Waals surface area (Å²) in [5, 5.41) is 4.79. The molecule has 97 heavy (non-hydrogen) atoms. The van der Waals surface area contributed by atoms with Crippen LogP contribution in [0.15, 0.2) is 304 Å². The number of benzene rings is 14. The molecule has 0 fully saturated rings. The fourth-order valence-electron chi connectivity index (χ4n) is 17.3. The first kappa shape index (κ1) is 59.4. The monoisotopic (exact) mass is 1240 g/mol. The molecule has 3 aliphatic rings. The fourth-order valence-corrected chi connectivity index (χ4v) is 17.3. The van der Waals surface area contributed by atoms with E-state index in [-0.39, 0.29) is 0 Å². The van der Waals surface area contributed by atoms with Gasteiger partial charge < -0.3 is 9.80 Å². The summed E-state index contributed by atoms with van der Waals surface area (Å²) < 4.78 is 0. The van der Waals surface area contributed by atoms with Crippen molar-refractivity contribution in [1.82, 2.24) is 0 Å². The van der Waals surface area contributed by atoms with Crippen LogP contribution in [0.2, 0.25) is 0 Å². The summed E-state index contributed by atoms with van der Waals surface area (Å²) in [6, 6.07) is 111. The maximum Gasteiger partial charge on any atom is 0.0540 e. The Bertz CT molecular complexity index is 5190. The summed E-state index contributed by atoms with van der Waals surface area (Å²) in [4.78, 5) is 5.10. The van der Waals surface area contributed by atoms with Crippen LogP contribution in [0.4, 0.5) is 34.1 Å². The molecule has 0 spiro atoms. The smallest absolute Gasteiger partial charge is 0.0540 e. The highest BCUT2D eigenvalue weighted by Gasteiger charge is 2.48. The number of fused-ring (bicyclic) bond motifs is 11. The van der Waals surface area contributed by atoms with Crippen LogP contribution in [0.3, 0.4) is 0 Å². The second-order valence-corrected chi connectivity index (χ2v) is 28.0. The minimum absolute atomic E-state index is 0.400. The molecule has 0 amide bonds. The second-order valence-electron chi connectivity index (χ2n) is 28.0. The third kappa shape index (κ3) is 9.36. The largest absolute Gasteiger partial charge is 0.310 e. The first-order chi connectivity index (χ1) is 47.3. The molecule has 2 heteroatoms. The summed E-state index contributed by atoms with van der Waals surface area (Å²) in [5.74, 6) is 0. The van der Waals surface area contributed by atoms with Crippen molar-refractivity contribution in [2.45, 2.75) is 70.6 Å². The third-order valence-electron chi connectivity index (χ3n) is 22.0. The summed E-state index contributed by atoms with van der Waals surface area (Å²) in [6.45, 7) is 22.2. The van der Waals surface area contributed by atoms with E-state index in [0.29, 0.717) is 0 Å². The van der Waals surface area contributed by atoms with Crippen LogP contribution in [-0.2, 0) is 29.1 Å². The van der Waals surface area contributed by atoms with Crippen LogP contribution in [0.1, 0.15) is 103 Å². The van der Waals surface area contributed by atoms with Gasteiger partial charge in [0.2, 0.25) is 0 Å². The molecule has 2 atom stereocenters. The molecule has 0 heterocycles. The highest BCUT2D eigenvalue weighted by Crippen LogP contribution is 2.60. The number of nitrogens with zero attached hydrogens (tertiary/aromatic N) is 2. The van der Waals surface area contributed by atoms with Gasteiger partial charge in [-0.15, -0.1) is 0 Å². The maximum absolute atomic E-state index is 4.11. The molecule has 14 aromatic rings. The minimum Gasteiger partial charge on any atom is -0.310 e. The Labute approximate surface area is 571 Å². The van der Waals surface area contributed by atoms with Gasteiger partial charge in [-0.05, 0) is 223 Å². The summed E-state index contributed by atoms with van der Waals surface area (Å²) in [5.41, 5.74) is 33.5. The quantitative estimate of drug-likeness (QED) is 0.107.